The molecular weight excluding hydrogens is 276 g/mol. The van der Waals surface area contributed by atoms with Crippen molar-refractivity contribution in [3.05, 3.63) is 59.3 Å². The average Bonchev–Trinajstić information content (AvgIpc) is 2.51. The van der Waals surface area contributed by atoms with E-state index in [1.54, 1.807) is 24.4 Å². The maximum atomic E-state index is 11.6. The van der Waals surface area contributed by atoms with Gasteiger partial charge in [-0.15, -0.1) is 0 Å². The highest BCUT2D eigenvalue weighted by Crippen LogP contribution is 2.36. The molecule has 0 aliphatic heterocycles. The molecule has 0 saturated heterocycles. The number of aromatic nitrogens is 1. The largest absolute Gasteiger partial charge is 0.508 e. The van der Waals surface area contributed by atoms with Crippen LogP contribution in [0.5, 0.6) is 5.75 Å². The molecule has 0 saturated carbocycles. The standard InChI is InChI=1S/C18H16N2O2/c1-10-5-6-15(21)11(2)16(10)14-9-13(18(19)22)8-12-4-3-7-20-17(12)14/h3-9,21H,1-2H3,(H2,19,22). The number of hydrogen-bond acceptors (Lipinski definition) is 3. The molecule has 22 heavy (non-hydrogen) atoms. The van der Waals surface area contributed by atoms with Crippen LogP contribution in [0.1, 0.15) is 21.5 Å². The minimum absolute atomic E-state index is 0.217. The van der Waals surface area contributed by atoms with Crippen molar-refractivity contribution in [1.29, 1.82) is 0 Å². The third kappa shape index (κ3) is 2.19. The molecule has 0 aliphatic carbocycles. The molecule has 3 rings (SSSR count). The summed E-state index contributed by atoms with van der Waals surface area (Å²) in [4.78, 5) is 16.1. The summed E-state index contributed by atoms with van der Waals surface area (Å²) < 4.78 is 0. The fraction of sp³-hybridized carbons (Fsp3) is 0.111. The second-order valence-electron chi connectivity index (χ2n) is 5.36. The zero-order valence-corrected chi connectivity index (χ0v) is 12.4. The number of carbonyl (C=O) groups excluding carboxylic acids is 1. The van der Waals surface area contributed by atoms with E-state index >= 15 is 0 Å². The Morgan fingerprint density at radius 1 is 1.18 bits per heavy atom. The highest BCUT2D eigenvalue weighted by Gasteiger charge is 2.15. The van der Waals surface area contributed by atoms with Gasteiger partial charge in [-0.3, -0.25) is 9.78 Å². The van der Waals surface area contributed by atoms with Crippen LogP contribution in [0, 0.1) is 13.8 Å². The van der Waals surface area contributed by atoms with Crippen LogP contribution in [-0.2, 0) is 0 Å². The van der Waals surface area contributed by atoms with Gasteiger partial charge in [-0.25, -0.2) is 0 Å². The Kier molecular flexibility index (Phi) is 3.29. The second kappa shape index (κ2) is 5.15. The van der Waals surface area contributed by atoms with Gasteiger partial charge in [-0.05, 0) is 54.8 Å². The fourth-order valence-electron chi connectivity index (χ4n) is 2.78. The molecule has 0 fully saturated rings. The van der Waals surface area contributed by atoms with Crippen LogP contribution in [0.15, 0.2) is 42.6 Å². The topological polar surface area (TPSA) is 76.2 Å². The van der Waals surface area contributed by atoms with Gasteiger partial charge in [0.2, 0.25) is 5.91 Å². The van der Waals surface area contributed by atoms with Crippen LogP contribution in [0.3, 0.4) is 0 Å². The predicted molar refractivity (Wildman–Crippen MR) is 86.8 cm³/mol. The molecule has 4 heteroatoms. The molecule has 1 aromatic heterocycles. The monoisotopic (exact) mass is 292 g/mol. The molecular formula is C18H16N2O2. The normalized spacial score (nSPS) is 10.8. The Morgan fingerprint density at radius 2 is 1.95 bits per heavy atom. The number of benzene rings is 2. The van der Waals surface area contributed by atoms with Gasteiger partial charge >= 0.3 is 0 Å². The molecule has 2 aromatic carbocycles. The SMILES string of the molecule is Cc1ccc(O)c(C)c1-c1cc(C(N)=O)cc2cccnc12. The van der Waals surface area contributed by atoms with Gasteiger partial charge in [0.05, 0.1) is 5.52 Å². The first-order chi connectivity index (χ1) is 10.5. The number of aromatic hydroxyl groups is 1. The van der Waals surface area contributed by atoms with E-state index in [2.05, 4.69) is 4.98 Å². The van der Waals surface area contributed by atoms with Crippen molar-refractivity contribution < 1.29 is 9.90 Å². The molecule has 0 spiro atoms. The van der Waals surface area contributed by atoms with Gasteiger partial charge in [0.1, 0.15) is 5.75 Å². The molecule has 0 atom stereocenters. The highest BCUT2D eigenvalue weighted by atomic mass is 16.3. The molecule has 3 aromatic rings. The summed E-state index contributed by atoms with van der Waals surface area (Å²) in [6.45, 7) is 3.82. The molecule has 110 valence electrons. The number of fused-ring (bicyclic) bond motifs is 1. The van der Waals surface area contributed by atoms with Crippen LogP contribution in [0.4, 0.5) is 0 Å². The van der Waals surface area contributed by atoms with Crippen LogP contribution in [0.2, 0.25) is 0 Å². The van der Waals surface area contributed by atoms with Gasteiger partial charge < -0.3 is 10.8 Å². The van der Waals surface area contributed by atoms with Crippen LogP contribution in [-0.4, -0.2) is 16.0 Å². The third-order valence-electron chi connectivity index (χ3n) is 3.90. The lowest BCUT2D eigenvalue weighted by Gasteiger charge is -2.14. The number of aryl methyl sites for hydroxylation is 1. The number of nitrogens with two attached hydrogens (primary N) is 1. The Balaban J connectivity index is 2.45. The van der Waals surface area contributed by atoms with Crippen molar-refractivity contribution in [2.75, 3.05) is 0 Å². The van der Waals surface area contributed by atoms with Crippen molar-refractivity contribution >= 4 is 16.8 Å². The summed E-state index contributed by atoms with van der Waals surface area (Å²) >= 11 is 0. The lowest BCUT2D eigenvalue weighted by molar-refractivity contribution is 0.100. The zero-order valence-electron chi connectivity index (χ0n) is 12.4. The van der Waals surface area contributed by atoms with E-state index in [0.717, 1.165) is 33.2 Å². The number of hydrogen-bond donors (Lipinski definition) is 2. The Hall–Kier alpha value is -2.88. The number of phenolic OH excluding ortho intramolecular Hbond substituents is 1. The number of amides is 1. The van der Waals surface area contributed by atoms with E-state index in [-0.39, 0.29) is 5.75 Å². The number of carbonyl (C=O) groups is 1. The van der Waals surface area contributed by atoms with E-state index in [1.807, 2.05) is 32.0 Å². The number of nitrogens with zero attached hydrogens (tertiary/aromatic N) is 1. The molecule has 0 aliphatic rings. The fourth-order valence-corrected chi connectivity index (χ4v) is 2.78. The smallest absolute Gasteiger partial charge is 0.248 e. The van der Waals surface area contributed by atoms with E-state index in [9.17, 15) is 9.90 Å². The first kappa shape index (κ1) is 14.1. The lowest BCUT2D eigenvalue weighted by Crippen LogP contribution is -2.11. The van der Waals surface area contributed by atoms with Crippen molar-refractivity contribution in [3.8, 4) is 16.9 Å². The van der Waals surface area contributed by atoms with E-state index in [4.69, 9.17) is 5.73 Å². The number of primary amides is 1. The molecule has 0 radical (unpaired) electrons. The van der Waals surface area contributed by atoms with E-state index in [0.29, 0.717) is 5.56 Å². The van der Waals surface area contributed by atoms with Crippen LogP contribution in [0.25, 0.3) is 22.0 Å². The molecule has 3 N–H and O–H groups in total. The van der Waals surface area contributed by atoms with Crippen LogP contribution < -0.4 is 5.73 Å². The van der Waals surface area contributed by atoms with E-state index in [1.165, 1.54) is 0 Å². The summed E-state index contributed by atoms with van der Waals surface area (Å²) in [6.07, 6.45) is 1.71. The molecule has 1 amide bonds. The number of rotatable bonds is 2. The predicted octanol–water partition coefficient (Wildman–Crippen LogP) is 3.32. The molecule has 4 nitrogen and oxygen atoms in total. The first-order valence-corrected chi connectivity index (χ1v) is 6.97. The van der Waals surface area contributed by atoms with Gasteiger partial charge in [-0.2, -0.15) is 0 Å². The van der Waals surface area contributed by atoms with E-state index < -0.39 is 5.91 Å². The summed E-state index contributed by atoms with van der Waals surface area (Å²) in [5.74, 6) is -0.267. The number of phenols is 1. The maximum Gasteiger partial charge on any atom is 0.248 e. The minimum atomic E-state index is -0.484. The van der Waals surface area contributed by atoms with Crippen molar-refractivity contribution in [1.82, 2.24) is 4.98 Å². The summed E-state index contributed by atoms with van der Waals surface area (Å²) in [5.41, 5.74) is 10.1. The quantitative estimate of drug-likeness (QED) is 0.760. The summed E-state index contributed by atoms with van der Waals surface area (Å²) in [7, 11) is 0. The van der Waals surface area contributed by atoms with Crippen molar-refractivity contribution in [2.45, 2.75) is 13.8 Å². The molecule has 1 heterocycles. The first-order valence-electron chi connectivity index (χ1n) is 6.97. The van der Waals surface area contributed by atoms with Crippen LogP contribution >= 0.6 is 0 Å². The minimum Gasteiger partial charge on any atom is -0.508 e. The third-order valence-corrected chi connectivity index (χ3v) is 3.90. The maximum absolute atomic E-state index is 11.6. The van der Waals surface area contributed by atoms with Gasteiger partial charge in [0.25, 0.3) is 0 Å². The molecule has 0 unspecified atom stereocenters. The number of pyridine rings is 1. The van der Waals surface area contributed by atoms with Crippen molar-refractivity contribution in [3.63, 3.8) is 0 Å². The van der Waals surface area contributed by atoms with Gasteiger partial charge in [0.15, 0.2) is 0 Å². The molecule has 0 bridgehead atoms. The second-order valence-corrected chi connectivity index (χ2v) is 5.36. The Labute approximate surface area is 128 Å². The highest BCUT2D eigenvalue weighted by molar-refractivity contribution is 6.03. The van der Waals surface area contributed by atoms with Gasteiger partial charge in [0, 0.05) is 22.7 Å². The zero-order chi connectivity index (χ0) is 15.9. The van der Waals surface area contributed by atoms with Crippen molar-refractivity contribution in [2.24, 2.45) is 5.73 Å². The lowest BCUT2D eigenvalue weighted by atomic mass is 9.91. The Bertz CT molecular complexity index is 901. The average molecular weight is 292 g/mol. The summed E-state index contributed by atoms with van der Waals surface area (Å²) in [5, 5.41) is 10.9. The van der Waals surface area contributed by atoms with Gasteiger partial charge in [-0.1, -0.05) is 12.1 Å². The summed E-state index contributed by atoms with van der Waals surface area (Å²) in [6, 6.07) is 10.7. The Morgan fingerprint density at radius 3 is 2.68 bits per heavy atom.